The number of halogens is 2. The molecule has 1 N–H and O–H groups in total. The Balaban J connectivity index is 1.79. The SMILES string of the molecule is Cc1ccc2c(c1)N(CCCS(=O)(=O)O)/C(=C(\F)c1sc3ccc(Cl)cc3[n+]1CCCS(=O)(=O)[O-])S2. The van der Waals surface area contributed by atoms with Crippen LogP contribution in [0.2, 0.25) is 5.02 Å². The Kier molecular flexibility index (Phi) is 8.01. The number of hydrogen-bond acceptors (Lipinski definition) is 8. The van der Waals surface area contributed by atoms with E-state index in [9.17, 15) is 21.4 Å². The molecule has 0 amide bonds. The van der Waals surface area contributed by atoms with E-state index in [0.717, 1.165) is 20.8 Å². The zero-order valence-corrected chi connectivity index (χ0v) is 23.0. The molecule has 1 aliphatic heterocycles. The maximum atomic E-state index is 16.3. The second kappa shape index (κ2) is 10.6. The minimum absolute atomic E-state index is 0.00486. The largest absolute Gasteiger partial charge is 0.748 e. The fourth-order valence-corrected chi connectivity index (χ4v) is 7.33. The second-order valence-electron chi connectivity index (χ2n) is 8.27. The van der Waals surface area contributed by atoms with Crippen LogP contribution in [-0.2, 0) is 26.8 Å². The standard InChI is InChI=1S/C22H22ClFN2O6S4/c1-14-4-6-18-16(12-14)25(8-2-10-35(27,28)29)21(33-18)20(24)22-26(9-3-11-36(30,31)32)17-13-15(23)5-7-19(17)34-22/h4-7,12-13H,2-3,8-11H2,1H3,(H-,27,28,29,30,31,32). The highest BCUT2D eigenvalue weighted by atomic mass is 35.5. The number of aromatic nitrogens is 1. The van der Waals surface area contributed by atoms with Gasteiger partial charge in [-0.3, -0.25) is 4.55 Å². The summed E-state index contributed by atoms with van der Waals surface area (Å²) >= 11 is 8.53. The number of benzene rings is 2. The summed E-state index contributed by atoms with van der Waals surface area (Å²) < 4.78 is 83.7. The van der Waals surface area contributed by atoms with Crippen LogP contribution in [0.5, 0.6) is 0 Å². The van der Waals surface area contributed by atoms with Crippen LogP contribution in [0.25, 0.3) is 16.0 Å². The number of aryl methyl sites for hydroxylation is 2. The molecule has 1 aliphatic rings. The Bertz CT molecular complexity index is 1570. The molecule has 1 aromatic heterocycles. The summed E-state index contributed by atoms with van der Waals surface area (Å²) in [5.74, 6) is -1.62. The van der Waals surface area contributed by atoms with Gasteiger partial charge in [-0.1, -0.05) is 40.8 Å². The minimum Gasteiger partial charge on any atom is -0.748 e. The quantitative estimate of drug-likeness (QED) is 0.283. The van der Waals surface area contributed by atoms with Gasteiger partial charge >= 0.3 is 5.01 Å². The first-order valence-electron chi connectivity index (χ1n) is 10.8. The summed E-state index contributed by atoms with van der Waals surface area (Å²) in [5, 5.41) is 0.909. The Labute approximate surface area is 221 Å². The van der Waals surface area contributed by atoms with Crippen LogP contribution in [0.4, 0.5) is 10.1 Å². The molecule has 0 aliphatic carbocycles. The molecule has 0 bridgehead atoms. The highest BCUT2D eigenvalue weighted by Crippen LogP contribution is 2.49. The first-order valence-corrected chi connectivity index (χ1v) is 16.0. The van der Waals surface area contributed by atoms with Gasteiger partial charge in [-0.25, -0.2) is 8.42 Å². The minimum atomic E-state index is -4.43. The van der Waals surface area contributed by atoms with Crippen molar-refractivity contribution >= 4 is 76.7 Å². The van der Waals surface area contributed by atoms with E-state index in [4.69, 9.17) is 16.2 Å². The Morgan fingerprint density at radius 1 is 1.14 bits per heavy atom. The van der Waals surface area contributed by atoms with Crippen molar-refractivity contribution in [3.05, 3.63) is 57.0 Å². The van der Waals surface area contributed by atoms with Gasteiger partial charge in [0.1, 0.15) is 9.73 Å². The zero-order valence-electron chi connectivity index (χ0n) is 19.0. The normalized spacial score (nSPS) is 15.5. The topological polar surface area (TPSA) is 119 Å². The van der Waals surface area contributed by atoms with Crippen molar-refractivity contribution in [2.45, 2.75) is 31.2 Å². The van der Waals surface area contributed by atoms with Gasteiger partial charge in [0.05, 0.1) is 21.6 Å². The van der Waals surface area contributed by atoms with Gasteiger partial charge in [-0.15, -0.1) is 0 Å². The van der Waals surface area contributed by atoms with Crippen molar-refractivity contribution in [3.63, 3.8) is 0 Å². The van der Waals surface area contributed by atoms with Crippen LogP contribution in [0.3, 0.4) is 0 Å². The van der Waals surface area contributed by atoms with E-state index in [1.165, 1.54) is 23.1 Å². The molecule has 2 heterocycles. The summed E-state index contributed by atoms with van der Waals surface area (Å²) in [5.41, 5.74) is 2.28. The van der Waals surface area contributed by atoms with Gasteiger partial charge in [0.25, 0.3) is 10.1 Å². The van der Waals surface area contributed by atoms with E-state index in [-0.39, 0.29) is 36.0 Å². The fourth-order valence-electron chi connectivity index (χ4n) is 3.92. The van der Waals surface area contributed by atoms with Crippen LogP contribution in [0.1, 0.15) is 23.4 Å². The average molecular weight is 593 g/mol. The van der Waals surface area contributed by atoms with Crippen molar-refractivity contribution in [2.75, 3.05) is 23.0 Å². The number of fused-ring (bicyclic) bond motifs is 2. The van der Waals surface area contributed by atoms with Crippen LogP contribution >= 0.6 is 34.7 Å². The molecule has 4 rings (SSSR count). The van der Waals surface area contributed by atoms with Gasteiger partial charge in [-0.2, -0.15) is 17.4 Å². The van der Waals surface area contributed by atoms with Crippen LogP contribution in [0.15, 0.2) is 46.3 Å². The predicted octanol–water partition coefficient (Wildman–Crippen LogP) is 4.57. The second-order valence-corrected chi connectivity index (χ2v) is 13.9. The van der Waals surface area contributed by atoms with Crippen LogP contribution in [0, 0.1) is 6.92 Å². The summed E-state index contributed by atoms with van der Waals surface area (Å²) in [6, 6.07) is 10.7. The fraction of sp³-hybridized carbons (Fsp3) is 0.318. The van der Waals surface area contributed by atoms with Gasteiger partial charge < -0.3 is 9.45 Å². The molecule has 36 heavy (non-hydrogen) atoms. The Morgan fingerprint density at radius 3 is 2.58 bits per heavy atom. The summed E-state index contributed by atoms with van der Waals surface area (Å²) in [4.78, 5) is 2.49. The van der Waals surface area contributed by atoms with Crippen molar-refractivity contribution in [1.82, 2.24) is 0 Å². The highest BCUT2D eigenvalue weighted by Gasteiger charge is 2.34. The first-order chi connectivity index (χ1) is 16.8. The van der Waals surface area contributed by atoms with E-state index in [2.05, 4.69) is 0 Å². The van der Waals surface area contributed by atoms with Crippen molar-refractivity contribution in [2.24, 2.45) is 0 Å². The number of thioether (sulfide) groups is 1. The lowest BCUT2D eigenvalue weighted by atomic mass is 10.2. The number of nitrogens with zero attached hydrogens (tertiary/aromatic N) is 2. The number of hydrogen-bond donors (Lipinski definition) is 1. The highest BCUT2D eigenvalue weighted by molar-refractivity contribution is 8.04. The van der Waals surface area contributed by atoms with Gasteiger partial charge in [-0.05, 0) is 43.2 Å². The number of anilines is 1. The lowest BCUT2D eigenvalue weighted by Gasteiger charge is -2.20. The third-order valence-electron chi connectivity index (χ3n) is 5.46. The first kappa shape index (κ1) is 27.3. The van der Waals surface area contributed by atoms with Crippen molar-refractivity contribution in [1.29, 1.82) is 0 Å². The lowest BCUT2D eigenvalue weighted by Crippen LogP contribution is -2.37. The predicted molar refractivity (Wildman–Crippen MR) is 140 cm³/mol. The molecule has 0 unspecified atom stereocenters. The molecule has 0 saturated carbocycles. The molecule has 0 fully saturated rings. The molecule has 0 saturated heterocycles. The zero-order chi connectivity index (χ0) is 26.3. The third kappa shape index (κ3) is 6.39. The molecule has 0 radical (unpaired) electrons. The third-order valence-corrected chi connectivity index (χ3v) is 9.60. The van der Waals surface area contributed by atoms with E-state index in [0.29, 0.717) is 10.5 Å². The summed E-state index contributed by atoms with van der Waals surface area (Å²) in [6.45, 7) is 2.13. The molecule has 8 nitrogen and oxygen atoms in total. The van der Waals surface area contributed by atoms with Gasteiger partial charge in [0.15, 0.2) is 6.54 Å². The molecule has 14 heteroatoms. The van der Waals surface area contributed by atoms with Gasteiger partial charge in [0.2, 0.25) is 11.3 Å². The molecule has 0 spiro atoms. The van der Waals surface area contributed by atoms with Gasteiger partial charge in [0, 0.05) is 34.7 Å². The summed E-state index contributed by atoms with van der Waals surface area (Å²) in [7, 11) is -8.61. The molecule has 194 valence electrons. The van der Waals surface area contributed by atoms with E-state index in [1.54, 1.807) is 27.7 Å². The smallest absolute Gasteiger partial charge is 0.301 e. The number of thiazole rings is 1. The number of rotatable bonds is 9. The molecule has 0 atom stereocenters. The maximum Gasteiger partial charge on any atom is 0.301 e. The van der Waals surface area contributed by atoms with Crippen LogP contribution in [-0.4, -0.2) is 44.0 Å². The van der Waals surface area contributed by atoms with E-state index >= 15 is 4.39 Å². The Morgan fingerprint density at radius 2 is 1.89 bits per heavy atom. The molecule has 3 aromatic rings. The molecular formula is C22H22ClFN2O6S4. The van der Waals surface area contributed by atoms with Crippen molar-refractivity contribution < 1.29 is 34.9 Å². The lowest BCUT2D eigenvalue weighted by molar-refractivity contribution is -0.669. The van der Waals surface area contributed by atoms with E-state index in [1.807, 2.05) is 25.1 Å². The average Bonchev–Trinajstić information content (AvgIpc) is 3.30. The molecule has 2 aromatic carbocycles. The molecular weight excluding hydrogens is 571 g/mol. The maximum absolute atomic E-state index is 16.3. The monoisotopic (exact) mass is 592 g/mol. The van der Waals surface area contributed by atoms with Crippen molar-refractivity contribution in [3.8, 4) is 0 Å². The van der Waals surface area contributed by atoms with E-state index < -0.39 is 37.6 Å². The Hall–Kier alpha value is -1.74. The van der Waals surface area contributed by atoms with Crippen LogP contribution < -0.4 is 9.47 Å². The summed E-state index contributed by atoms with van der Waals surface area (Å²) in [6.07, 6.45) is 0.0715.